The molecule has 3 aliphatic rings. The Morgan fingerprint density at radius 1 is 0.676 bits per heavy atom. The fraction of sp³-hybridized carbons (Fsp3) is 0.0323. The quantitative estimate of drug-likeness (QED) is 0.266. The zero-order valence-corrected chi connectivity index (χ0v) is 18.9. The van der Waals surface area contributed by atoms with Gasteiger partial charge in [-0.05, 0) is 65.3 Å². The zero-order valence-electron chi connectivity index (χ0n) is 18.9. The van der Waals surface area contributed by atoms with E-state index in [1.54, 1.807) is 0 Å². The van der Waals surface area contributed by atoms with E-state index in [2.05, 4.69) is 132 Å². The lowest BCUT2D eigenvalue weighted by Crippen LogP contribution is -2.61. The van der Waals surface area contributed by atoms with E-state index in [-0.39, 0.29) is 6.71 Å². The molecule has 0 atom stereocenters. The van der Waals surface area contributed by atoms with Gasteiger partial charge in [-0.1, -0.05) is 54.6 Å². The second-order valence-corrected chi connectivity index (χ2v) is 9.04. The Labute approximate surface area is 200 Å². The highest BCUT2D eigenvalue weighted by Crippen LogP contribution is 2.43. The molecule has 0 unspecified atom stereocenters. The molecule has 2 heterocycles. The maximum Gasteiger partial charge on any atom is 0.252 e. The molecule has 4 aromatic rings. The first-order valence-electron chi connectivity index (χ1n) is 11.7. The fourth-order valence-corrected chi connectivity index (χ4v) is 5.69. The number of fused-ring (bicyclic) bond motifs is 4. The summed E-state index contributed by atoms with van der Waals surface area (Å²) in [7, 11) is 0. The van der Waals surface area contributed by atoms with Gasteiger partial charge in [0.25, 0.3) is 6.71 Å². The number of para-hydroxylation sites is 3. The molecule has 1 aliphatic carbocycles. The van der Waals surface area contributed by atoms with Crippen LogP contribution in [-0.4, -0.2) is 6.71 Å². The third-order valence-electron chi connectivity index (χ3n) is 6.99. The summed E-state index contributed by atoms with van der Waals surface area (Å²) in [5, 5.41) is 0. The summed E-state index contributed by atoms with van der Waals surface area (Å²) < 4.78 is 0. The predicted molar refractivity (Wildman–Crippen MR) is 144 cm³/mol. The Morgan fingerprint density at radius 2 is 1.29 bits per heavy atom. The second kappa shape index (κ2) is 7.35. The van der Waals surface area contributed by atoms with Crippen LogP contribution in [0.3, 0.4) is 0 Å². The van der Waals surface area contributed by atoms with Crippen LogP contribution < -0.4 is 26.2 Å². The summed E-state index contributed by atoms with van der Waals surface area (Å²) in [6.07, 6.45) is 11.6. The fourth-order valence-electron chi connectivity index (χ4n) is 5.69. The van der Waals surface area contributed by atoms with Gasteiger partial charge >= 0.3 is 0 Å². The van der Waals surface area contributed by atoms with Crippen molar-refractivity contribution < 1.29 is 0 Å². The molecular formula is C31H22BN2+. The van der Waals surface area contributed by atoms with E-state index < -0.39 is 0 Å². The van der Waals surface area contributed by atoms with Crippen LogP contribution in [0.5, 0.6) is 0 Å². The largest absolute Gasteiger partial charge is 0.311 e. The van der Waals surface area contributed by atoms with Crippen LogP contribution >= 0.6 is 0 Å². The number of hydrogen-bond acceptors (Lipinski definition) is 2. The van der Waals surface area contributed by atoms with Crippen molar-refractivity contribution in [1.29, 1.82) is 0 Å². The van der Waals surface area contributed by atoms with Crippen LogP contribution in [0.1, 0.15) is 5.56 Å². The second-order valence-electron chi connectivity index (χ2n) is 9.04. The molecule has 0 bridgehead atoms. The van der Waals surface area contributed by atoms with Crippen molar-refractivity contribution in [2.75, 3.05) is 9.80 Å². The van der Waals surface area contributed by atoms with Gasteiger partial charge in [0.1, 0.15) is 12.2 Å². The van der Waals surface area contributed by atoms with Crippen molar-refractivity contribution in [2.45, 2.75) is 6.92 Å². The number of aryl methyl sites for hydroxylation is 1. The number of allylic oxidation sites excluding steroid dienone is 5. The minimum absolute atomic E-state index is 0.182. The van der Waals surface area contributed by atoms with Crippen LogP contribution in [0.4, 0.5) is 28.4 Å². The highest BCUT2D eigenvalue weighted by molar-refractivity contribution is 7.00. The highest BCUT2D eigenvalue weighted by Gasteiger charge is 2.44. The van der Waals surface area contributed by atoms with Crippen molar-refractivity contribution >= 4 is 51.5 Å². The third kappa shape index (κ3) is 2.68. The molecule has 4 aromatic carbocycles. The first-order valence-corrected chi connectivity index (χ1v) is 11.7. The Morgan fingerprint density at radius 3 is 1.97 bits per heavy atom. The molecule has 0 fully saturated rings. The van der Waals surface area contributed by atoms with Gasteiger partial charge in [-0.3, -0.25) is 4.90 Å². The van der Waals surface area contributed by atoms with Crippen LogP contribution in [0.15, 0.2) is 121 Å². The van der Waals surface area contributed by atoms with E-state index in [0.29, 0.717) is 0 Å². The van der Waals surface area contributed by atoms with E-state index in [0.717, 1.165) is 5.70 Å². The van der Waals surface area contributed by atoms with Gasteiger partial charge < -0.3 is 4.90 Å². The minimum Gasteiger partial charge on any atom is -0.311 e. The Bertz CT molecular complexity index is 1530. The Kier molecular flexibility index (Phi) is 4.14. The van der Waals surface area contributed by atoms with Crippen LogP contribution in [-0.2, 0) is 0 Å². The predicted octanol–water partition coefficient (Wildman–Crippen LogP) is 5.56. The topological polar surface area (TPSA) is 6.48 Å². The van der Waals surface area contributed by atoms with Gasteiger partial charge in [-0.15, -0.1) is 0 Å². The van der Waals surface area contributed by atoms with Crippen LogP contribution in [0.25, 0.3) is 0 Å². The molecular weight excluding hydrogens is 411 g/mol. The van der Waals surface area contributed by atoms with Crippen molar-refractivity contribution in [3.8, 4) is 0 Å². The van der Waals surface area contributed by atoms with Gasteiger partial charge in [0.2, 0.25) is 0 Å². The van der Waals surface area contributed by atoms with Crippen molar-refractivity contribution in [3.63, 3.8) is 0 Å². The van der Waals surface area contributed by atoms with Gasteiger partial charge in [-0.2, -0.15) is 0 Å². The molecule has 3 heteroatoms. The van der Waals surface area contributed by atoms with Gasteiger partial charge in [0.15, 0.2) is 5.70 Å². The monoisotopic (exact) mass is 433 g/mol. The summed E-state index contributed by atoms with van der Waals surface area (Å²) >= 11 is 0. The van der Waals surface area contributed by atoms with Crippen LogP contribution in [0, 0.1) is 13.0 Å². The number of benzene rings is 4. The number of nitrogens with zero attached hydrogens (tertiary/aromatic N) is 2. The summed E-state index contributed by atoms with van der Waals surface area (Å²) in [5.41, 5.74) is 12.6. The normalized spacial score (nSPS) is 14.7. The molecule has 0 saturated heterocycles. The number of anilines is 5. The molecule has 158 valence electrons. The molecule has 34 heavy (non-hydrogen) atoms. The lowest BCUT2D eigenvalue weighted by atomic mass is 9.33. The molecule has 7 rings (SSSR count). The Hall–Kier alpha value is -4.33. The average molecular weight is 433 g/mol. The van der Waals surface area contributed by atoms with E-state index in [1.807, 2.05) is 6.08 Å². The lowest BCUT2D eigenvalue weighted by Gasteiger charge is -2.43. The smallest absolute Gasteiger partial charge is 0.252 e. The first-order chi connectivity index (χ1) is 16.8. The lowest BCUT2D eigenvalue weighted by molar-refractivity contribution is 1.19. The molecule has 0 N–H and O–H groups in total. The number of hydrogen-bond donors (Lipinski definition) is 0. The molecule has 0 amide bonds. The molecule has 0 radical (unpaired) electrons. The summed E-state index contributed by atoms with van der Waals surface area (Å²) in [6.45, 7) is 2.38. The Balaban J connectivity index is 1.59. The molecule has 0 aromatic heterocycles. The standard InChI is InChI=1S/C31H22BN2/c1-22-20-29-31-30(21-22)34(24-14-6-3-7-15-24)28-19-11-9-17-26(28)32(31)25-16-8-10-18-27(25)33(29)23-12-4-2-5-13-23/h2-6,8-21H,1H3/q+1. The van der Waals surface area contributed by atoms with Gasteiger partial charge in [0, 0.05) is 29.2 Å². The molecule has 0 spiro atoms. The maximum atomic E-state index is 3.29. The molecule has 2 nitrogen and oxygen atoms in total. The van der Waals surface area contributed by atoms with E-state index in [9.17, 15) is 0 Å². The molecule has 2 aliphatic heterocycles. The average Bonchev–Trinajstić information content (AvgIpc) is 2.89. The van der Waals surface area contributed by atoms with Crippen molar-refractivity contribution in [2.24, 2.45) is 0 Å². The molecule has 0 saturated carbocycles. The van der Waals surface area contributed by atoms with Gasteiger partial charge in [0.05, 0.1) is 17.5 Å². The summed E-state index contributed by atoms with van der Waals surface area (Å²) in [5.74, 6) is 0. The van der Waals surface area contributed by atoms with Crippen LogP contribution in [0.2, 0.25) is 0 Å². The maximum absolute atomic E-state index is 3.29. The van der Waals surface area contributed by atoms with Crippen molar-refractivity contribution in [1.82, 2.24) is 0 Å². The number of rotatable bonds is 2. The summed E-state index contributed by atoms with van der Waals surface area (Å²) in [6, 6.07) is 33.1. The van der Waals surface area contributed by atoms with E-state index >= 15 is 0 Å². The summed E-state index contributed by atoms with van der Waals surface area (Å²) in [4.78, 5) is 4.84. The minimum atomic E-state index is 0.182. The third-order valence-corrected chi connectivity index (χ3v) is 6.99. The first kappa shape index (κ1) is 19.2. The van der Waals surface area contributed by atoms with E-state index in [4.69, 9.17) is 0 Å². The highest BCUT2D eigenvalue weighted by atomic mass is 15.2. The zero-order chi connectivity index (χ0) is 22.6. The SMILES string of the molecule is Cc1cc2c3c(c1)N(c1ccccc1)c1ccccc1B3c1ccccc1N2C1=CC=C[C+]=C1. The van der Waals surface area contributed by atoms with Gasteiger partial charge in [-0.25, -0.2) is 0 Å². The van der Waals surface area contributed by atoms with E-state index in [1.165, 1.54) is 50.4 Å². The van der Waals surface area contributed by atoms with Crippen molar-refractivity contribution in [3.05, 3.63) is 133 Å².